The van der Waals surface area contributed by atoms with Gasteiger partial charge in [-0.2, -0.15) is 0 Å². The Labute approximate surface area is 175 Å². The molecule has 0 aliphatic rings. The molecule has 3 aromatic carbocycles. The molecular weight excluding hydrogens is 384 g/mol. The van der Waals surface area contributed by atoms with Crippen molar-refractivity contribution in [1.29, 1.82) is 0 Å². The van der Waals surface area contributed by atoms with Gasteiger partial charge in [-0.1, -0.05) is 72.3 Å². The number of nitrogens with one attached hydrogen (secondary N) is 2. The van der Waals surface area contributed by atoms with Crippen LogP contribution in [0.4, 0.5) is 0 Å². The van der Waals surface area contributed by atoms with Crippen LogP contribution in [-0.4, -0.2) is 18.4 Å². The maximum atomic E-state index is 12.8. The quantitative estimate of drug-likeness (QED) is 0.571. The first kappa shape index (κ1) is 20.4. The average Bonchev–Trinajstić information content (AvgIpc) is 2.76. The number of rotatable bonds is 7. The Morgan fingerprint density at radius 3 is 2.10 bits per heavy atom. The van der Waals surface area contributed by atoms with E-state index in [2.05, 4.69) is 10.6 Å². The molecule has 3 aromatic rings. The molecule has 0 spiro atoms. The molecule has 0 aliphatic carbocycles. The fraction of sp³-hybridized carbons (Fsp3) is 0.0833. The lowest BCUT2D eigenvalue weighted by Crippen LogP contribution is -2.35. The number of hydrogen-bond acceptors (Lipinski definition) is 2. The van der Waals surface area contributed by atoms with E-state index in [1.807, 2.05) is 36.4 Å². The zero-order chi connectivity index (χ0) is 20.5. The lowest BCUT2D eigenvalue weighted by Gasteiger charge is -2.11. The van der Waals surface area contributed by atoms with Crippen LogP contribution in [0.2, 0.25) is 5.02 Å². The zero-order valence-electron chi connectivity index (χ0n) is 15.8. The van der Waals surface area contributed by atoms with Crippen LogP contribution in [0.5, 0.6) is 0 Å². The Morgan fingerprint density at radius 1 is 0.828 bits per heavy atom. The molecule has 0 fully saturated rings. The minimum absolute atomic E-state index is 0.175. The van der Waals surface area contributed by atoms with Crippen molar-refractivity contribution in [1.82, 2.24) is 10.6 Å². The largest absolute Gasteiger partial charge is 0.350 e. The van der Waals surface area contributed by atoms with Crippen LogP contribution < -0.4 is 10.6 Å². The number of hydrogen-bond donors (Lipinski definition) is 2. The van der Waals surface area contributed by atoms with Crippen molar-refractivity contribution in [3.05, 3.63) is 112 Å². The second-order valence-electron chi connectivity index (χ2n) is 6.42. The van der Waals surface area contributed by atoms with Gasteiger partial charge in [0.05, 0.1) is 0 Å². The van der Waals surface area contributed by atoms with Crippen molar-refractivity contribution in [2.45, 2.75) is 6.42 Å². The smallest absolute Gasteiger partial charge is 0.267 e. The second-order valence-corrected chi connectivity index (χ2v) is 6.86. The van der Waals surface area contributed by atoms with E-state index in [1.54, 1.807) is 54.6 Å². The lowest BCUT2D eigenvalue weighted by atomic mass is 10.1. The van der Waals surface area contributed by atoms with Crippen molar-refractivity contribution < 1.29 is 9.59 Å². The zero-order valence-corrected chi connectivity index (χ0v) is 16.5. The predicted molar refractivity (Wildman–Crippen MR) is 116 cm³/mol. The van der Waals surface area contributed by atoms with E-state index in [9.17, 15) is 9.59 Å². The predicted octanol–water partition coefficient (Wildman–Crippen LogP) is 4.47. The Hall–Kier alpha value is -3.37. The molecule has 29 heavy (non-hydrogen) atoms. The molecule has 0 bridgehead atoms. The summed E-state index contributed by atoms with van der Waals surface area (Å²) in [5, 5.41) is 6.19. The summed E-state index contributed by atoms with van der Waals surface area (Å²) in [5.41, 5.74) is 2.54. The highest BCUT2D eigenvalue weighted by Crippen LogP contribution is 2.12. The summed E-state index contributed by atoms with van der Waals surface area (Å²) in [5.74, 6) is -0.691. The fourth-order valence-corrected chi connectivity index (χ4v) is 2.85. The van der Waals surface area contributed by atoms with Crippen LogP contribution in [0, 0.1) is 0 Å². The van der Waals surface area contributed by atoms with Crippen LogP contribution in [0.1, 0.15) is 21.5 Å². The molecule has 0 aromatic heterocycles. The average molecular weight is 405 g/mol. The SMILES string of the molecule is O=C(NCCc1ccccc1)/C(=C/c1ccc(Cl)cc1)NC(=O)c1ccccc1. The first-order chi connectivity index (χ1) is 14.1. The molecule has 4 nitrogen and oxygen atoms in total. The number of carbonyl (C=O) groups excluding carboxylic acids is 2. The van der Waals surface area contributed by atoms with E-state index in [-0.39, 0.29) is 17.5 Å². The molecule has 0 saturated carbocycles. The summed E-state index contributed by atoms with van der Waals surface area (Å²) < 4.78 is 0. The van der Waals surface area contributed by atoms with Crippen LogP contribution in [0.15, 0.2) is 90.6 Å². The number of carbonyl (C=O) groups is 2. The van der Waals surface area contributed by atoms with Gasteiger partial charge in [0.15, 0.2) is 0 Å². The Kier molecular flexibility index (Phi) is 7.20. The van der Waals surface area contributed by atoms with E-state index in [4.69, 9.17) is 11.6 Å². The second kappa shape index (κ2) is 10.2. The highest BCUT2D eigenvalue weighted by molar-refractivity contribution is 6.30. The molecule has 0 aliphatic heterocycles. The highest BCUT2D eigenvalue weighted by atomic mass is 35.5. The van der Waals surface area contributed by atoms with Crippen molar-refractivity contribution >= 4 is 29.5 Å². The topological polar surface area (TPSA) is 58.2 Å². The van der Waals surface area contributed by atoms with E-state index in [1.165, 1.54) is 0 Å². The third-order valence-electron chi connectivity index (χ3n) is 4.25. The summed E-state index contributed by atoms with van der Waals surface area (Å²) in [6.07, 6.45) is 2.34. The molecule has 146 valence electrons. The standard InChI is InChI=1S/C24H21ClN2O2/c25-21-13-11-19(12-14-21)17-22(27-23(28)20-9-5-2-6-10-20)24(29)26-16-15-18-7-3-1-4-8-18/h1-14,17H,15-16H2,(H,26,29)(H,27,28)/b22-17-. The molecule has 2 N–H and O–H groups in total. The third kappa shape index (κ3) is 6.33. The van der Waals surface area contributed by atoms with Gasteiger partial charge in [0.2, 0.25) is 0 Å². The monoisotopic (exact) mass is 404 g/mol. The lowest BCUT2D eigenvalue weighted by molar-refractivity contribution is -0.117. The summed E-state index contributed by atoms with van der Waals surface area (Å²) in [7, 11) is 0. The normalized spacial score (nSPS) is 11.0. The Balaban J connectivity index is 1.73. The number of amides is 2. The van der Waals surface area contributed by atoms with Crippen LogP contribution in [0.25, 0.3) is 6.08 Å². The van der Waals surface area contributed by atoms with Crippen LogP contribution in [-0.2, 0) is 11.2 Å². The molecule has 0 unspecified atom stereocenters. The summed E-state index contributed by atoms with van der Waals surface area (Å²) in [6.45, 7) is 0.460. The van der Waals surface area contributed by atoms with Gasteiger partial charge in [0.25, 0.3) is 11.8 Å². The maximum Gasteiger partial charge on any atom is 0.267 e. The van der Waals surface area contributed by atoms with Crippen molar-refractivity contribution in [3.8, 4) is 0 Å². The van der Waals surface area contributed by atoms with E-state index < -0.39 is 0 Å². The molecule has 3 rings (SSSR count). The molecular formula is C24H21ClN2O2. The first-order valence-corrected chi connectivity index (χ1v) is 9.65. The Morgan fingerprint density at radius 2 is 1.45 bits per heavy atom. The summed E-state index contributed by atoms with van der Waals surface area (Å²) in [6, 6.07) is 25.7. The van der Waals surface area contributed by atoms with Crippen molar-refractivity contribution in [3.63, 3.8) is 0 Å². The van der Waals surface area contributed by atoms with Crippen molar-refractivity contribution in [2.75, 3.05) is 6.54 Å². The minimum Gasteiger partial charge on any atom is -0.350 e. The van der Waals surface area contributed by atoms with Gasteiger partial charge in [-0.05, 0) is 47.9 Å². The van der Waals surface area contributed by atoms with Crippen LogP contribution >= 0.6 is 11.6 Å². The Bertz CT molecular complexity index is 984. The summed E-state index contributed by atoms with van der Waals surface area (Å²) >= 11 is 5.93. The summed E-state index contributed by atoms with van der Waals surface area (Å²) in [4.78, 5) is 25.3. The highest BCUT2D eigenvalue weighted by Gasteiger charge is 2.14. The van der Waals surface area contributed by atoms with Gasteiger partial charge in [0, 0.05) is 17.1 Å². The molecule has 0 heterocycles. The number of halogens is 1. The van der Waals surface area contributed by atoms with Gasteiger partial charge in [-0.15, -0.1) is 0 Å². The molecule has 0 radical (unpaired) electrons. The van der Waals surface area contributed by atoms with Crippen molar-refractivity contribution in [2.24, 2.45) is 0 Å². The molecule has 0 atom stereocenters. The third-order valence-corrected chi connectivity index (χ3v) is 4.50. The van der Waals surface area contributed by atoms with Gasteiger partial charge >= 0.3 is 0 Å². The molecule has 5 heteroatoms. The van der Waals surface area contributed by atoms with E-state index in [0.29, 0.717) is 23.6 Å². The van der Waals surface area contributed by atoms with E-state index in [0.717, 1.165) is 11.1 Å². The van der Waals surface area contributed by atoms with Gasteiger partial charge in [-0.25, -0.2) is 0 Å². The van der Waals surface area contributed by atoms with Gasteiger partial charge < -0.3 is 10.6 Å². The van der Waals surface area contributed by atoms with Crippen LogP contribution in [0.3, 0.4) is 0 Å². The number of benzene rings is 3. The van der Waals surface area contributed by atoms with Gasteiger partial charge in [-0.3, -0.25) is 9.59 Å². The maximum absolute atomic E-state index is 12.8. The fourth-order valence-electron chi connectivity index (χ4n) is 2.73. The molecule has 0 saturated heterocycles. The first-order valence-electron chi connectivity index (χ1n) is 9.27. The van der Waals surface area contributed by atoms with E-state index >= 15 is 0 Å². The molecule has 2 amide bonds. The minimum atomic E-state index is -0.347. The van der Waals surface area contributed by atoms with Gasteiger partial charge in [0.1, 0.15) is 5.70 Å².